The van der Waals surface area contributed by atoms with Gasteiger partial charge in [-0.05, 0) is 23.8 Å². The lowest BCUT2D eigenvalue weighted by molar-refractivity contribution is -0.144. The average Bonchev–Trinajstić information content (AvgIpc) is 2.78. The Labute approximate surface area is 113 Å². The molecule has 0 saturated carbocycles. The fraction of sp³-hybridized carbons (Fsp3) is 0.333. The number of rotatable bonds is 4. The zero-order valence-electron chi connectivity index (χ0n) is 9.80. The molecule has 1 aromatic carbocycles. The summed E-state index contributed by atoms with van der Waals surface area (Å²) < 4.78 is 5.40. The molecule has 1 unspecified atom stereocenters. The van der Waals surface area contributed by atoms with Gasteiger partial charge in [-0.25, -0.2) is 4.79 Å². The maximum Gasteiger partial charge on any atom is 0.328 e. The molecule has 0 fully saturated rings. The predicted octanol–water partition coefficient (Wildman–Crippen LogP) is 0.205. The Hall–Kier alpha value is -1.79. The Morgan fingerprint density at radius 2 is 2.26 bits per heavy atom. The highest BCUT2D eigenvalue weighted by atomic mass is 35.5. The van der Waals surface area contributed by atoms with Crippen molar-refractivity contribution in [2.75, 3.05) is 6.61 Å². The number of aliphatic hydroxyl groups excluding tert-OH is 1. The molecule has 2 atom stereocenters. The maximum absolute atomic E-state index is 11.8. The quantitative estimate of drug-likeness (QED) is 0.735. The van der Waals surface area contributed by atoms with Crippen molar-refractivity contribution in [2.24, 2.45) is 0 Å². The Balaban J connectivity index is 2.02. The van der Waals surface area contributed by atoms with E-state index in [4.69, 9.17) is 26.6 Å². The number of amides is 1. The summed E-state index contributed by atoms with van der Waals surface area (Å²) in [5, 5.41) is 20.3. The van der Waals surface area contributed by atoms with E-state index in [1.165, 1.54) is 0 Å². The molecule has 7 heteroatoms. The van der Waals surface area contributed by atoms with Crippen LogP contribution in [0.1, 0.15) is 5.56 Å². The molecule has 1 heterocycles. The third-order valence-electron chi connectivity index (χ3n) is 2.79. The number of fused-ring (bicyclic) bond motifs is 1. The van der Waals surface area contributed by atoms with E-state index in [0.29, 0.717) is 17.2 Å². The fourth-order valence-corrected chi connectivity index (χ4v) is 2.01. The second-order valence-corrected chi connectivity index (χ2v) is 4.58. The maximum atomic E-state index is 11.8. The molecule has 0 radical (unpaired) electrons. The highest BCUT2D eigenvalue weighted by Gasteiger charge is 2.31. The van der Waals surface area contributed by atoms with Crippen molar-refractivity contribution in [3.8, 4) is 5.75 Å². The van der Waals surface area contributed by atoms with E-state index in [-0.39, 0.29) is 0 Å². The molecule has 1 amide bonds. The summed E-state index contributed by atoms with van der Waals surface area (Å²) in [5.41, 5.74) is 0.795. The summed E-state index contributed by atoms with van der Waals surface area (Å²) in [6, 6.07) is 3.67. The molecule has 1 aliphatic rings. The summed E-state index contributed by atoms with van der Waals surface area (Å²) >= 11 is 5.83. The van der Waals surface area contributed by atoms with Crippen LogP contribution in [0.15, 0.2) is 18.2 Å². The summed E-state index contributed by atoms with van der Waals surface area (Å²) in [5.74, 6) is -1.32. The summed E-state index contributed by atoms with van der Waals surface area (Å²) in [4.78, 5) is 22.5. The number of hydrogen-bond acceptors (Lipinski definition) is 4. The van der Waals surface area contributed by atoms with Gasteiger partial charge in [0.15, 0.2) is 6.10 Å². The predicted molar refractivity (Wildman–Crippen MR) is 66.2 cm³/mol. The Morgan fingerprint density at radius 3 is 2.89 bits per heavy atom. The summed E-state index contributed by atoms with van der Waals surface area (Å²) in [6.45, 7) is -0.674. The number of carboxylic acids is 1. The van der Waals surface area contributed by atoms with Crippen LogP contribution in [0.2, 0.25) is 5.02 Å². The molecular formula is C12H12ClNO5. The topological polar surface area (TPSA) is 95.9 Å². The highest BCUT2D eigenvalue weighted by molar-refractivity contribution is 6.30. The number of aliphatic carboxylic acids is 1. The van der Waals surface area contributed by atoms with Gasteiger partial charge in [0, 0.05) is 11.4 Å². The van der Waals surface area contributed by atoms with Crippen LogP contribution in [0.4, 0.5) is 0 Å². The number of carbonyl (C=O) groups is 2. The van der Waals surface area contributed by atoms with Gasteiger partial charge in [0.05, 0.1) is 6.61 Å². The van der Waals surface area contributed by atoms with Crippen LogP contribution in [0.5, 0.6) is 5.75 Å². The first-order valence-corrected chi connectivity index (χ1v) is 5.98. The van der Waals surface area contributed by atoms with E-state index < -0.39 is 30.6 Å². The van der Waals surface area contributed by atoms with Crippen molar-refractivity contribution in [1.29, 1.82) is 0 Å². The molecule has 2 rings (SSSR count). The van der Waals surface area contributed by atoms with Gasteiger partial charge in [-0.15, -0.1) is 0 Å². The fourth-order valence-electron chi connectivity index (χ4n) is 1.81. The van der Waals surface area contributed by atoms with Gasteiger partial charge in [-0.3, -0.25) is 4.79 Å². The van der Waals surface area contributed by atoms with Crippen molar-refractivity contribution in [1.82, 2.24) is 5.32 Å². The zero-order valence-corrected chi connectivity index (χ0v) is 10.6. The number of carbonyl (C=O) groups excluding carboxylic acids is 1. The minimum atomic E-state index is -1.33. The van der Waals surface area contributed by atoms with Crippen LogP contribution in [-0.2, 0) is 16.0 Å². The average molecular weight is 286 g/mol. The number of hydrogen-bond donors (Lipinski definition) is 3. The Kier molecular flexibility index (Phi) is 3.92. The van der Waals surface area contributed by atoms with Crippen LogP contribution < -0.4 is 10.1 Å². The van der Waals surface area contributed by atoms with Crippen molar-refractivity contribution < 1.29 is 24.5 Å². The number of carboxylic acid groups (broad SMARTS) is 1. The number of benzene rings is 1. The van der Waals surface area contributed by atoms with Gasteiger partial charge in [0.25, 0.3) is 5.91 Å². The molecule has 3 N–H and O–H groups in total. The van der Waals surface area contributed by atoms with Gasteiger partial charge in [-0.2, -0.15) is 0 Å². The monoisotopic (exact) mass is 285 g/mol. The number of aliphatic hydroxyl groups is 1. The highest BCUT2D eigenvalue weighted by Crippen LogP contribution is 2.31. The SMILES string of the molecule is O=C(N[C@H](CO)C(=O)O)C1Cc2cc(Cl)ccc2O1. The Morgan fingerprint density at radius 1 is 1.53 bits per heavy atom. The zero-order chi connectivity index (χ0) is 14.0. The molecular weight excluding hydrogens is 274 g/mol. The molecule has 0 aromatic heterocycles. The normalized spacial score (nSPS) is 18.3. The molecule has 0 bridgehead atoms. The molecule has 1 aliphatic heterocycles. The first kappa shape index (κ1) is 13.6. The summed E-state index contributed by atoms with van der Waals surface area (Å²) in [6.07, 6.45) is -0.485. The van der Waals surface area contributed by atoms with Gasteiger partial charge in [0.2, 0.25) is 0 Å². The van der Waals surface area contributed by atoms with Crippen LogP contribution >= 0.6 is 11.6 Å². The lowest BCUT2D eigenvalue weighted by Gasteiger charge is -2.15. The third kappa shape index (κ3) is 2.97. The number of ether oxygens (including phenoxy) is 1. The lowest BCUT2D eigenvalue weighted by atomic mass is 10.1. The second kappa shape index (κ2) is 5.46. The standard InChI is InChI=1S/C12H12ClNO5/c13-7-1-2-9-6(3-7)4-10(19-9)11(16)14-8(5-15)12(17)18/h1-3,8,10,15H,4-5H2,(H,14,16)(H,17,18)/t8-,10?/m1/s1. The van der Waals surface area contributed by atoms with Gasteiger partial charge >= 0.3 is 5.97 Å². The van der Waals surface area contributed by atoms with Crippen LogP contribution in [0.3, 0.4) is 0 Å². The molecule has 102 valence electrons. The molecule has 0 spiro atoms. The second-order valence-electron chi connectivity index (χ2n) is 4.14. The Bertz CT molecular complexity index is 519. The number of nitrogens with one attached hydrogen (secondary N) is 1. The van der Waals surface area contributed by atoms with E-state index in [1.54, 1.807) is 18.2 Å². The molecule has 0 saturated heterocycles. The van der Waals surface area contributed by atoms with Gasteiger partial charge < -0.3 is 20.3 Å². The largest absolute Gasteiger partial charge is 0.480 e. The van der Waals surface area contributed by atoms with Crippen LogP contribution in [0.25, 0.3) is 0 Å². The van der Waals surface area contributed by atoms with Crippen molar-refractivity contribution in [2.45, 2.75) is 18.6 Å². The first-order chi connectivity index (χ1) is 9.01. The van der Waals surface area contributed by atoms with Gasteiger partial charge in [0.1, 0.15) is 11.8 Å². The smallest absolute Gasteiger partial charge is 0.328 e. The van der Waals surface area contributed by atoms with Crippen molar-refractivity contribution in [3.05, 3.63) is 28.8 Å². The van der Waals surface area contributed by atoms with E-state index in [1.807, 2.05) is 0 Å². The summed E-state index contributed by atoms with van der Waals surface area (Å²) in [7, 11) is 0. The van der Waals surface area contributed by atoms with E-state index in [2.05, 4.69) is 5.32 Å². The molecule has 19 heavy (non-hydrogen) atoms. The molecule has 1 aromatic rings. The minimum Gasteiger partial charge on any atom is -0.480 e. The van der Waals surface area contributed by atoms with E-state index in [0.717, 1.165) is 5.56 Å². The minimum absolute atomic E-state index is 0.319. The first-order valence-electron chi connectivity index (χ1n) is 5.60. The van der Waals surface area contributed by atoms with E-state index >= 15 is 0 Å². The number of halogens is 1. The van der Waals surface area contributed by atoms with Crippen molar-refractivity contribution in [3.63, 3.8) is 0 Å². The third-order valence-corrected chi connectivity index (χ3v) is 3.02. The lowest BCUT2D eigenvalue weighted by Crippen LogP contribution is -2.48. The van der Waals surface area contributed by atoms with E-state index in [9.17, 15) is 9.59 Å². The van der Waals surface area contributed by atoms with Crippen molar-refractivity contribution >= 4 is 23.5 Å². The molecule has 6 nitrogen and oxygen atoms in total. The van der Waals surface area contributed by atoms with Crippen LogP contribution in [-0.4, -0.2) is 40.8 Å². The molecule has 0 aliphatic carbocycles. The van der Waals surface area contributed by atoms with Gasteiger partial charge in [-0.1, -0.05) is 11.6 Å². The van der Waals surface area contributed by atoms with Crippen LogP contribution in [0, 0.1) is 0 Å².